The molecule has 0 bridgehead atoms. The lowest BCUT2D eigenvalue weighted by atomic mass is 10.1. The van der Waals surface area contributed by atoms with Gasteiger partial charge >= 0.3 is 0 Å². The molecule has 144 valence electrons. The number of rotatable bonds is 5. The first-order valence-corrected chi connectivity index (χ1v) is 10.5. The summed E-state index contributed by atoms with van der Waals surface area (Å²) in [6.07, 6.45) is 4.91. The van der Waals surface area contributed by atoms with Crippen LogP contribution in [0.2, 0.25) is 0 Å². The molecule has 0 radical (unpaired) electrons. The lowest BCUT2D eigenvalue weighted by Crippen LogP contribution is -2.35. The first kappa shape index (κ1) is 19.5. The first-order valence-electron chi connectivity index (χ1n) is 9.64. The van der Waals surface area contributed by atoms with E-state index in [4.69, 9.17) is 0 Å². The molecule has 1 aliphatic heterocycles. The minimum atomic E-state index is -0.217. The summed E-state index contributed by atoms with van der Waals surface area (Å²) in [7, 11) is 0. The van der Waals surface area contributed by atoms with Gasteiger partial charge in [0, 0.05) is 37.0 Å². The summed E-state index contributed by atoms with van der Waals surface area (Å²) >= 11 is 1.47. The summed E-state index contributed by atoms with van der Waals surface area (Å²) in [6.45, 7) is 6.16. The van der Waals surface area contributed by atoms with Crippen molar-refractivity contribution in [1.82, 2.24) is 15.2 Å². The van der Waals surface area contributed by atoms with E-state index in [9.17, 15) is 9.59 Å². The van der Waals surface area contributed by atoms with Gasteiger partial charge in [-0.05, 0) is 32.3 Å². The summed E-state index contributed by atoms with van der Waals surface area (Å²) in [4.78, 5) is 31.0. The minimum absolute atomic E-state index is 0.131. The third-order valence-electron chi connectivity index (χ3n) is 4.93. The van der Waals surface area contributed by atoms with Crippen molar-refractivity contribution in [2.75, 3.05) is 19.6 Å². The van der Waals surface area contributed by atoms with E-state index >= 15 is 0 Å². The van der Waals surface area contributed by atoms with Crippen molar-refractivity contribution >= 4 is 23.2 Å². The molecule has 5 nitrogen and oxygen atoms in total. The van der Waals surface area contributed by atoms with Crippen molar-refractivity contribution in [1.29, 1.82) is 0 Å². The first-order chi connectivity index (χ1) is 13.0. The van der Waals surface area contributed by atoms with Crippen LogP contribution >= 0.6 is 11.3 Å². The monoisotopic (exact) mass is 385 g/mol. The van der Waals surface area contributed by atoms with Crippen molar-refractivity contribution in [2.24, 2.45) is 0 Å². The van der Waals surface area contributed by atoms with Crippen LogP contribution in [0.5, 0.6) is 0 Å². The molecule has 1 fully saturated rings. The van der Waals surface area contributed by atoms with Gasteiger partial charge in [0.15, 0.2) is 0 Å². The van der Waals surface area contributed by atoms with Gasteiger partial charge in [0.1, 0.15) is 10.7 Å². The van der Waals surface area contributed by atoms with Gasteiger partial charge in [-0.25, -0.2) is 4.98 Å². The molecule has 0 spiro atoms. The molecule has 3 rings (SSSR count). The predicted octanol–water partition coefficient (Wildman–Crippen LogP) is 3.95. The summed E-state index contributed by atoms with van der Waals surface area (Å²) in [5.74, 6) is -0.0858. The zero-order chi connectivity index (χ0) is 19.2. The second-order valence-electron chi connectivity index (χ2n) is 7.16. The van der Waals surface area contributed by atoms with Crippen LogP contribution in [0.15, 0.2) is 23.6 Å². The van der Waals surface area contributed by atoms with Crippen LogP contribution < -0.4 is 5.32 Å². The van der Waals surface area contributed by atoms with E-state index in [1.165, 1.54) is 29.7 Å². The highest BCUT2D eigenvalue weighted by atomic mass is 32.1. The van der Waals surface area contributed by atoms with Crippen LogP contribution in [0.25, 0.3) is 10.6 Å². The number of thiazole rings is 1. The lowest BCUT2D eigenvalue weighted by molar-refractivity contribution is -0.131. The highest BCUT2D eigenvalue weighted by Gasteiger charge is 2.17. The van der Waals surface area contributed by atoms with E-state index in [2.05, 4.69) is 36.3 Å². The molecule has 1 saturated heterocycles. The Balaban J connectivity index is 1.53. The molecule has 1 aromatic carbocycles. The van der Waals surface area contributed by atoms with Gasteiger partial charge in [0.2, 0.25) is 5.91 Å². The van der Waals surface area contributed by atoms with Gasteiger partial charge in [-0.2, -0.15) is 0 Å². The van der Waals surface area contributed by atoms with E-state index in [-0.39, 0.29) is 11.8 Å². The number of aryl methyl sites for hydroxylation is 2. The van der Waals surface area contributed by atoms with Gasteiger partial charge in [-0.15, -0.1) is 11.3 Å². The van der Waals surface area contributed by atoms with Gasteiger partial charge in [0.05, 0.1) is 0 Å². The second-order valence-corrected chi connectivity index (χ2v) is 8.02. The molecule has 6 heteroatoms. The van der Waals surface area contributed by atoms with E-state index in [0.29, 0.717) is 18.7 Å². The largest absolute Gasteiger partial charge is 0.350 e. The predicted molar refractivity (Wildman–Crippen MR) is 109 cm³/mol. The normalized spacial score (nSPS) is 14.7. The molecule has 2 aromatic rings. The van der Waals surface area contributed by atoms with Crippen LogP contribution in [0.3, 0.4) is 0 Å². The molecule has 27 heavy (non-hydrogen) atoms. The molecule has 2 amide bonds. The average molecular weight is 386 g/mol. The van der Waals surface area contributed by atoms with Crippen molar-refractivity contribution in [2.45, 2.75) is 46.0 Å². The van der Waals surface area contributed by atoms with Gasteiger partial charge in [-0.1, -0.05) is 36.6 Å². The number of likely N-dealkylation sites (tertiary alicyclic amines) is 1. The van der Waals surface area contributed by atoms with Crippen molar-refractivity contribution in [3.63, 3.8) is 0 Å². The molecule has 1 N–H and O–H groups in total. The smallest absolute Gasteiger partial charge is 0.270 e. The Morgan fingerprint density at radius 1 is 1.15 bits per heavy atom. The fourth-order valence-corrected chi connectivity index (χ4v) is 4.30. The number of hydrogen-bond donors (Lipinski definition) is 1. The molecule has 2 heterocycles. The number of carbonyl (C=O) groups is 2. The summed E-state index contributed by atoms with van der Waals surface area (Å²) in [6, 6.07) is 6.22. The number of nitrogens with one attached hydrogen (secondary N) is 1. The molecule has 1 aliphatic rings. The summed E-state index contributed by atoms with van der Waals surface area (Å²) in [5, 5.41) is 5.45. The molecule has 0 atom stereocenters. The maximum atomic E-state index is 12.3. The highest BCUT2D eigenvalue weighted by Crippen LogP contribution is 2.27. The third-order valence-corrected chi connectivity index (χ3v) is 5.81. The summed E-state index contributed by atoms with van der Waals surface area (Å²) in [5.41, 5.74) is 3.83. The van der Waals surface area contributed by atoms with E-state index in [1.54, 1.807) is 5.38 Å². The van der Waals surface area contributed by atoms with Crippen molar-refractivity contribution in [3.8, 4) is 10.6 Å². The number of hydrogen-bond acceptors (Lipinski definition) is 4. The maximum absolute atomic E-state index is 12.3. The summed E-state index contributed by atoms with van der Waals surface area (Å²) < 4.78 is 0. The zero-order valence-corrected chi connectivity index (χ0v) is 16.9. The number of carbonyl (C=O) groups excluding carboxylic acids is 2. The van der Waals surface area contributed by atoms with Gasteiger partial charge in [0.25, 0.3) is 5.91 Å². The van der Waals surface area contributed by atoms with Gasteiger partial charge in [-0.3, -0.25) is 9.59 Å². The highest BCUT2D eigenvalue weighted by molar-refractivity contribution is 7.13. The van der Waals surface area contributed by atoms with Crippen LogP contribution in [-0.2, 0) is 4.79 Å². The van der Waals surface area contributed by atoms with Gasteiger partial charge < -0.3 is 10.2 Å². The Morgan fingerprint density at radius 2 is 1.89 bits per heavy atom. The minimum Gasteiger partial charge on any atom is -0.350 e. The van der Waals surface area contributed by atoms with E-state index in [1.807, 2.05) is 11.0 Å². The zero-order valence-electron chi connectivity index (χ0n) is 16.1. The van der Waals surface area contributed by atoms with Crippen LogP contribution in [0.1, 0.15) is 53.7 Å². The van der Waals surface area contributed by atoms with Crippen LogP contribution in [0, 0.1) is 13.8 Å². The number of aromatic nitrogens is 1. The van der Waals surface area contributed by atoms with E-state index in [0.717, 1.165) is 42.1 Å². The fourth-order valence-electron chi connectivity index (χ4n) is 3.41. The van der Waals surface area contributed by atoms with Crippen LogP contribution in [-0.4, -0.2) is 41.3 Å². The third kappa shape index (κ3) is 5.16. The second kappa shape index (κ2) is 9.13. The lowest BCUT2D eigenvalue weighted by Gasteiger charge is -2.20. The molecular formula is C21H27N3O2S. The Hall–Kier alpha value is -2.21. The molecule has 0 saturated carbocycles. The number of benzene rings is 1. The average Bonchev–Trinajstić information content (AvgIpc) is 2.96. The molecule has 1 aromatic heterocycles. The SMILES string of the molecule is Cc1ccc(-c2nc(C(=O)NCCC(=O)N3CCCCCC3)cs2)c(C)c1. The number of amides is 2. The topological polar surface area (TPSA) is 62.3 Å². The standard InChI is InChI=1S/C21H27N3O2S/c1-15-7-8-17(16(2)13-15)21-23-18(14-27-21)20(26)22-10-9-19(25)24-11-5-3-4-6-12-24/h7-8,13-14H,3-6,9-12H2,1-2H3,(H,22,26). The Kier molecular flexibility index (Phi) is 6.61. The maximum Gasteiger partial charge on any atom is 0.270 e. The van der Waals surface area contributed by atoms with E-state index < -0.39 is 0 Å². The van der Waals surface area contributed by atoms with Crippen LogP contribution in [0.4, 0.5) is 0 Å². The number of nitrogens with zero attached hydrogens (tertiary/aromatic N) is 2. The Morgan fingerprint density at radius 3 is 2.59 bits per heavy atom. The van der Waals surface area contributed by atoms with Crippen molar-refractivity contribution < 1.29 is 9.59 Å². The molecular weight excluding hydrogens is 358 g/mol. The fraction of sp³-hybridized carbons (Fsp3) is 0.476. The molecule has 0 unspecified atom stereocenters. The quantitative estimate of drug-likeness (QED) is 0.848. The van der Waals surface area contributed by atoms with Crippen molar-refractivity contribution in [3.05, 3.63) is 40.4 Å². The molecule has 0 aliphatic carbocycles. The Labute approximate surface area is 164 Å². The Bertz CT molecular complexity index is 808.